The van der Waals surface area contributed by atoms with E-state index in [2.05, 4.69) is 12.2 Å². The molecule has 3 aliphatic rings. The van der Waals surface area contributed by atoms with Crippen LogP contribution in [0.2, 0.25) is 0 Å². The zero-order chi connectivity index (χ0) is 19.8. The topological polar surface area (TPSA) is 95.9 Å². The molecule has 7 nitrogen and oxygen atoms in total. The summed E-state index contributed by atoms with van der Waals surface area (Å²) >= 11 is 1.62. The molecule has 3 fully saturated rings. The molecule has 0 aliphatic carbocycles. The number of nitrogens with one attached hydrogen (secondary N) is 1. The molecule has 1 spiro atoms. The molecule has 8 heteroatoms. The van der Waals surface area contributed by atoms with Crippen LogP contribution < -0.4 is 5.32 Å². The minimum absolute atomic E-state index is 0.107. The van der Waals surface area contributed by atoms with E-state index in [-0.39, 0.29) is 42.3 Å². The minimum atomic E-state index is -0.648. The Morgan fingerprint density at radius 1 is 1.37 bits per heavy atom. The summed E-state index contributed by atoms with van der Waals surface area (Å²) in [5.41, 5.74) is 0. The van der Waals surface area contributed by atoms with Gasteiger partial charge in [-0.05, 0) is 33.1 Å². The molecule has 2 bridgehead atoms. The normalized spacial score (nSPS) is 36.8. The van der Waals surface area contributed by atoms with Crippen LogP contribution in [0.15, 0.2) is 0 Å². The van der Waals surface area contributed by atoms with Crippen LogP contribution in [-0.4, -0.2) is 69.6 Å². The number of nitrogens with zero attached hydrogens (tertiary/aromatic N) is 1. The Hall–Kier alpha value is -1.28. The second-order valence-corrected chi connectivity index (χ2v) is 9.78. The number of aliphatic hydroxyl groups excluding tert-OH is 1. The fraction of sp³-hybridized carbons (Fsp3) is 0.842. The molecule has 3 rings (SSSR count). The predicted octanol–water partition coefficient (Wildman–Crippen LogP) is 0.939. The average Bonchev–Trinajstić information content (AvgIpc) is 3.17. The molecule has 0 aromatic carbocycles. The largest absolute Gasteiger partial charge is 0.466 e. The summed E-state index contributed by atoms with van der Waals surface area (Å²) in [6.07, 6.45) is 3.33. The molecule has 2 unspecified atom stereocenters. The van der Waals surface area contributed by atoms with Gasteiger partial charge in [0.2, 0.25) is 11.8 Å². The van der Waals surface area contributed by atoms with Crippen molar-refractivity contribution in [2.24, 2.45) is 11.8 Å². The molecule has 0 radical (unpaired) electrons. The SMILES string of the molecule is CCCCNC(=O)C1N(CCO)C(=O)[C@@H]2[C@@H](C(=O)OCC)[C@@]3(C)CCC12S3. The molecule has 0 aromatic heterocycles. The standard InChI is InChI=1S/C19H30N2O5S/c1-4-6-9-20-15(23)14-19-8-7-18(3,27-19)13(17(25)26-5-2)12(19)16(24)21(14)10-11-22/h12-14,22H,4-11H2,1-3H3,(H,20,23)/t12-,13-,14?,18+,19?/m0/s1. The molecule has 3 heterocycles. The van der Waals surface area contributed by atoms with Crippen LogP contribution in [0.4, 0.5) is 0 Å². The second-order valence-electron chi connectivity index (χ2n) is 7.88. The number of ether oxygens (including phenoxy) is 1. The van der Waals surface area contributed by atoms with Gasteiger partial charge in [0.15, 0.2) is 0 Å². The summed E-state index contributed by atoms with van der Waals surface area (Å²) in [5.74, 6) is -1.82. The Labute approximate surface area is 164 Å². The fourth-order valence-electron chi connectivity index (χ4n) is 5.15. The number of esters is 1. The van der Waals surface area contributed by atoms with Crippen molar-refractivity contribution in [1.29, 1.82) is 0 Å². The fourth-order valence-corrected chi connectivity index (χ4v) is 7.49. The highest BCUT2D eigenvalue weighted by molar-refractivity contribution is 8.02. The molecule has 2 N–H and O–H groups in total. The van der Waals surface area contributed by atoms with E-state index in [0.29, 0.717) is 13.0 Å². The van der Waals surface area contributed by atoms with Gasteiger partial charge in [-0.1, -0.05) is 13.3 Å². The Morgan fingerprint density at radius 3 is 2.74 bits per heavy atom. The molecule has 2 amide bonds. The molecule has 0 saturated carbocycles. The minimum Gasteiger partial charge on any atom is -0.466 e. The van der Waals surface area contributed by atoms with Crippen LogP contribution >= 0.6 is 11.8 Å². The van der Waals surface area contributed by atoms with Crippen molar-refractivity contribution in [1.82, 2.24) is 10.2 Å². The second kappa shape index (κ2) is 7.62. The Bertz CT molecular complexity index is 629. The van der Waals surface area contributed by atoms with E-state index in [4.69, 9.17) is 4.74 Å². The molecule has 0 aromatic rings. The lowest BCUT2D eigenvalue weighted by Crippen LogP contribution is -2.54. The summed E-state index contributed by atoms with van der Waals surface area (Å²) < 4.78 is 4.29. The lowest BCUT2D eigenvalue weighted by molar-refractivity contribution is -0.155. The number of thioether (sulfide) groups is 1. The monoisotopic (exact) mass is 398 g/mol. The van der Waals surface area contributed by atoms with Crippen molar-refractivity contribution >= 4 is 29.5 Å². The Kier molecular flexibility index (Phi) is 5.77. The first-order valence-electron chi connectivity index (χ1n) is 9.92. The maximum Gasteiger partial charge on any atom is 0.311 e. The van der Waals surface area contributed by atoms with Crippen molar-refractivity contribution in [3.8, 4) is 0 Å². The lowest BCUT2D eigenvalue weighted by Gasteiger charge is -2.34. The smallest absolute Gasteiger partial charge is 0.311 e. The van der Waals surface area contributed by atoms with Crippen LogP contribution in [0.1, 0.15) is 46.5 Å². The number of carbonyl (C=O) groups is 3. The number of β-amino-alcohol motifs (C(OH)–C–C–N with tert-alkyl or cyclic N) is 1. The molecule has 5 atom stereocenters. The van der Waals surface area contributed by atoms with Gasteiger partial charge in [0.25, 0.3) is 0 Å². The summed E-state index contributed by atoms with van der Waals surface area (Å²) in [4.78, 5) is 40.6. The van der Waals surface area contributed by atoms with Crippen molar-refractivity contribution < 1.29 is 24.2 Å². The van der Waals surface area contributed by atoms with Crippen LogP contribution in [-0.2, 0) is 19.1 Å². The number of likely N-dealkylation sites (tertiary alicyclic amines) is 1. The van der Waals surface area contributed by atoms with Crippen molar-refractivity contribution in [2.75, 3.05) is 26.3 Å². The van der Waals surface area contributed by atoms with Gasteiger partial charge in [-0.25, -0.2) is 0 Å². The summed E-state index contributed by atoms with van der Waals surface area (Å²) in [5, 5.41) is 12.4. The van der Waals surface area contributed by atoms with Crippen molar-refractivity contribution in [3.05, 3.63) is 0 Å². The highest BCUT2D eigenvalue weighted by Crippen LogP contribution is 2.71. The molecule has 3 aliphatic heterocycles. The number of hydrogen-bond acceptors (Lipinski definition) is 6. The average molecular weight is 399 g/mol. The van der Waals surface area contributed by atoms with Gasteiger partial charge >= 0.3 is 5.97 Å². The predicted molar refractivity (Wildman–Crippen MR) is 102 cm³/mol. The third kappa shape index (κ3) is 3.05. The maximum absolute atomic E-state index is 13.3. The number of hydrogen-bond donors (Lipinski definition) is 2. The number of unbranched alkanes of at least 4 members (excludes halogenated alkanes) is 1. The van der Waals surface area contributed by atoms with Crippen molar-refractivity contribution in [3.63, 3.8) is 0 Å². The Morgan fingerprint density at radius 2 is 2.11 bits per heavy atom. The van der Waals surface area contributed by atoms with Gasteiger partial charge in [0.05, 0.1) is 29.8 Å². The van der Waals surface area contributed by atoms with E-state index in [1.807, 2.05) is 6.92 Å². The molecule has 152 valence electrons. The van der Waals surface area contributed by atoms with Gasteiger partial charge in [-0.15, -0.1) is 11.8 Å². The van der Waals surface area contributed by atoms with Gasteiger partial charge in [-0.2, -0.15) is 0 Å². The maximum atomic E-state index is 13.3. The van der Waals surface area contributed by atoms with E-state index in [1.54, 1.807) is 18.7 Å². The lowest BCUT2D eigenvalue weighted by atomic mass is 9.66. The van der Waals surface area contributed by atoms with Gasteiger partial charge in [0, 0.05) is 17.8 Å². The zero-order valence-electron chi connectivity index (χ0n) is 16.3. The van der Waals surface area contributed by atoms with E-state index in [1.165, 1.54) is 4.90 Å². The van der Waals surface area contributed by atoms with Crippen LogP contribution in [0.3, 0.4) is 0 Å². The number of amides is 2. The highest BCUT2D eigenvalue weighted by atomic mass is 32.2. The quantitative estimate of drug-likeness (QED) is 0.467. The molecular weight excluding hydrogens is 368 g/mol. The van der Waals surface area contributed by atoms with Gasteiger partial charge in [-0.3, -0.25) is 14.4 Å². The van der Waals surface area contributed by atoms with E-state index in [9.17, 15) is 19.5 Å². The third-order valence-electron chi connectivity index (χ3n) is 6.24. The highest BCUT2D eigenvalue weighted by Gasteiger charge is 2.77. The van der Waals surface area contributed by atoms with Gasteiger partial charge < -0.3 is 20.1 Å². The first-order valence-corrected chi connectivity index (χ1v) is 10.7. The third-order valence-corrected chi connectivity index (χ3v) is 8.22. The number of aliphatic hydroxyl groups is 1. The van der Waals surface area contributed by atoms with E-state index < -0.39 is 22.6 Å². The van der Waals surface area contributed by atoms with E-state index >= 15 is 0 Å². The Balaban J connectivity index is 1.96. The van der Waals surface area contributed by atoms with Crippen LogP contribution in [0.25, 0.3) is 0 Å². The summed E-state index contributed by atoms with van der Waals surface area (Å²) in [6.45, 7) is 6.56. The van der Waals surface area contributed by atoms with Crippen LogP contribution in [0.5, 0.6) is 0 Å². The first-order chi connectivity index (χ1) is 12.9. The molecule has 27 heavy (non-hydrogen) atoms. The summed E-state index contributed by atoms with van der Waals surface area (Å²) in [6, 6.07) is -0.648. The molecular formula is C19H30N2O5S. The first kappa shape index (κ1) is 20.5. The number of carbonyl (C=O) groups excluding carboxylic acids is 3. The number of fused-ring (bicyclic) bond motifs is 1. The van der Waals surface area contributed by atoms with Crippen molar-refractivity contribution in [2.45, 2.75) is 62.0 Å². The van der Waals surface area contributed by atoms with Gasteiger partial charge in [0.1, 0.15) is 6.04 Å². The number of rotatable bonds is 8. The van der Waals surface area contributed by atoms with Crippen LogP contribution in [0, 0.1) is 11.8 Å². The summed E-state index contributed by atoms with van der Waals surface area (Å²) in [7, 11) is 0. The zero-order valence-corrected chi connectivity index (χ0v) is 17.1. The molecule has 3 saturated heterocycles. The van der Waals surface area contributed by atoms with E-state index in [0.717, 1.165) is 19.3 Å².